The van der Waals surface area contributed by atoms with E-state index in [-0.39, 0.29) is 10.6 Å². The third-order valence-corrected chi connectivity index (χ3v) is 2.14. The van der Waals surface area contributed by atoms with Crippen LogP contribution in [0.3, 0.4) is 0 Å². The van der Waals surface area contributed by atoms with Gasteiger partial charge in [0.05, 0.1) is 11.9 Å². The van der Waals surface area contributed by atoms with E-state index in [1.165, 1.54) is 0 Å². The highest BCUT2D eigenvalue weighted by molar-refractivity contribution is 8.14. The number of ether oxygens (including phenoxy) is 2. The smallest absolute Gasteiger partial charge is 0.370 e. The van der Waals surface area contributed by atoms with Crippen molar-refractivity contribution in [3.8, 4) is 0 Å². The summed E-state index contributed by atoms with van der Waals surface area (Å²) in [5.41, 5.74) is 0. The van der Waals surface area contributed by atoms with Crippen LogP contribution in [-0.2, 0) is 9.47 Å². The molecule has 1 fully saturated rings. The van der Waals surface area contributed by atoms with Gasteiger partial charge < -0.3 is 9.47 Å². The molecule has 1 aliphatic rings. The van der Waals surface area contributed by atoms with E-state index < -0.39 is 6.29 Å². The molecular formula is C7H10O3S. The van der Waals surface area contributed by atoms with Crippen molar-refractivity contribution in [1.29, 1.82) is 0 Å². The van der Waals surface area contributed by atoms with Crippen molar-refractivity contribution < 1.29 is 14.3 Å². The normalized spacial score (nSPS) is 30.1. The topological polar surface area (TPSA) is 35.5 Å². The summed E-state index contributed by atoms with van der Waals surface area (Å²) in [6.45, 7) is 5.81. The fraction of sp³-hybridized carbons (Fsp3) is 0.571. The second-order valence-corrected chi connectivity index (χ2v) is 3.49. The van der Waals surface area contributed by atoms with E-state index >= 15 is 0 Å². The molecule has 2 unspecified atom stereocenters. The lowest BCUT2D eigenvalue weighted by atomic mass is 10.4. The molecule has 1 heterocycles. The second-order valence-electron chi connectivity index (χ2n) is 2.18. The van der Waals surface area contributed by atoms with E-state index in [9.17, 15) is 4.79 Å². The minimum Gasteiger partial charge on any atom is -0.426 e. The number of hydrogen-bond donors (Lipinski definition) is 0. The van der Waals surface area contributed by atoms with Crippen molar-refractivity contribution in [3.05, 3.63) is 12.7 Å². The summed E-state index contributed by atoms with van der Waals surface area (Å²) in [5.74, 6) is 0. The third kappa shape index (κ3) is 2.24. The van der Waals surface area contributed by atoms with E-state index in [2.05, 4.69) is 6.58 Å². The first-order chi connectivity index (χ1) is 5.24. The molecule has 0 radical (unpaired) electrons. The molecule has 0 aromatic heterocycles. The maximum atomic E-state index is 10.7. The molecule has 0 aromatic carbocycles. The highest BCUT2D eigenvalue weighted by atomic mass is 32.2. The van der Waals surface area contributed by atoms with Crippen LogP contribution in [0.1, 0.15) is 6.92 Å². The summed E-state index contributed by atoms with van der Waals surface area (Å²) >= 11 is 1.16. The minimum atomic E-state index is -0.398. The number of thioether (sulfide) groups is 1. The highest BCUT2D eigenvalue weighted by Crippen LogP contribution is 2.28. The van der Waals surface area contributed by atoms with Crippen LogP contribution in [0.2, 0.25) is 0 Å². The SMILES string of the molecule is C=CCOC1OC(=O)SC1C. The molecule has 0 amide bonds. The molecule has 1 saturated heterocycles. The molecule has 0 aromatic rings. The van der Waals surface area contributed by atoms with Crippen molar-refractivity contribution >= 4 is 17.1 Å². The molecule has 0 saturated carbocycles. The number of hydrogen-bond acceptors (Lipinski definition) is 4. The molecule has 1 rings (SSSR count). The number of rotatable bonds is 3. The molecule has 0 spiro atoms. The predicted molar refractivity (Wildman–Crippen MR) is 43.5 cm³/mol. The predicted octanol–water partition coefficient (Wildman–Crippen LogP) is 1.79. The zero-order chi connectivity index (χ0) is 8.27. The van der Waals surface area contributed by atoms with Crippen molar-refractivity contribution in [2.45, 2.75) is 18.5 Å². The van der Waals surface area contributed by atoms with Crippen LogP contribution in [0.4, 0.5) is 4.79 Å². The zero-order valence-corrected chi connectivity index (χ0v) is 7.10. The minimum absolute atomic E-state index is 0.0856. The molecule has 62 valence electrons. The van der Waals surface area contributed by atoms with Gasteiger partial charge in [0.2, 0.25) is 6.29 Å². The summed E-state index contributed by atoms with van der Waals surface area (Å²) in [6.07, 6.45) is 1.23. The van der Waals surface area contributed by atoms with E-state index in [1.807, 2.05) is 6.92 Å². The van der Waals surface area contributed by atoms with Gasteiger partial charge in [-0.1, -0.05) is 6.08 Å². The van der Waals surface area contributed by atoms with Gasteiger partial charge in [0.1, 0.15) is 0 Å². The van der Waals surface area contributed by atoms with Crippen LogP contribution in [0.5, 0.6) is 0 Å². The summed E-state index contributed by atoms with van der Waals surface area (Å²) in [6, 6.07) is 0. The van der Waals surface area contributed by atoms with E-state index in [0.29, 0.717) is 6.61 Å². The Hall–Kier alpha value is -0.480. The summed E-state index contributed by atoms with van der Waals surface area (Å²) in [5, 5.41) is -0.172. The Morgan fingerprint density at radius 1 is 1.91 bits per heavy atom. The largest absolute Gasteiger partial charge is 0.426 e. The van der Waals surface area contributed by atoms with Crippen molar-refractivity contribution in [2.24, 2.45) is 0 Å². The van der Waals surface area contributed by atoms with Crippen LogP contribution in [0.25, 0.3) is 0 Å². The van der Waals surface area contributed by atoms with Gasteiger partial charge in [-0.15, -0.1) is 6.58 Å². The Morgan fingerprint density at radius 2 is 2.64 bits per heavy atom. The quantitative estimate of drug-likeness (QED) is 0.482. The third-order valence-electron chi connectivity index (χ3n) is 1.26. The van der Waals surface area contributed by atoms with Gasteiger partial charge in [-0.3, -0.25) is 0 Å². The van der Waals surface area contributed by atoms with Gasteiger partial charge in [-0.05, 0) is 18.7 Å². The van der Waals surface area contributed by atoms with Gasteiger partial charge >= 0.3 is 5.30 Å². The summed E-state index contributed by atoms with van der Waals surface area (Å²) in [7, 11) is 0. The lowest BCUT2D eigenvalue weighted by molar-refractivity contribution is -0.0770. The first kappa shape index (κ1) is 8.62. The van der Waals surface area contributed by atoms with Crippen LogP contribution < -0.4 is 0 Å². The Labute approximate surface area is 69.7 Å². The molecule has 0 N–H and O–H groups in total. The van der Waals surface area contributed by atoms with Crippen molar-refractivity contribution in [2.75, 3.05) is 6.61 Å². The van der Waals surface area contributed by atoms with E-state index in [4.69, 9.17) is 9.47 Å². The van der Waals surface area contributed by atoms with Crippen LogP contribution in [0, 0.1) is 0 Å². The molecule has 0 aliphatic carbocycles. The Balaban J connectivity index is 2.34. The number of carbonyl (C=O) groups excluding carboxylic acids is 1. The first-order valence-corrected chi connectivity index (χ1v) is 4.21. The molecule has 4 heteroatoms. The Kier molecular flexibility index (Phi) is 2.96. The van der Waals surface area contributed by atoms with Crippen molar-refractivity contribution in [3.63, 3.8) is 0 Å². The lowest BCUT2D eigenvalue weighted by Crippen LogP contribution is -2.20. The van der Waals surface area contributed by atoms with Crippen LogP contribution in [0.15, 0.2) is 12.7 Å². The monoisotopic (exact) mass is 174 g/mol. The Bertz CT molecular complexity index is 169. The fourth-order valence-corrected chi connectivity index (χ4v) is 1.46. The Morgan fingerprint density at radius 3 is 3.09 bits per heavy atom. The second kappa shape index (κ2) is 3.78. The van der Waals surface area contributed by atoms with Crippen LogP contribution >= 0.6 is 11.8 Å². The van der Waals surface area contributed by atoms with Crippen LogP contribution in [-0.4, -0.2) is 23.4 Å². The average Bonchev–Trinajstić information content (AvgIpc) is 2.26. The standard InChI is InChI=1S/C7H10O3S/c1-3-4-9-6-5(2)11-7(8)10-6/h3,5-6H,1,4H2,2H3. The molecule has 3 nitrogen and oxygen atoms in total. The maximum Gasteiger partial charge on any atom is 0.370 e. The first-order valence-electron chi connectivity index (χ1n) is 3.34. The van der Waals surface area contributed by atoms with E-state index in [0.717, 1.165) is 11.8 Å². The fourth-order valence-electron chi connectivity index (χ4n) is 0.758. The molecule has 1 aliphatic heterocycles. The van der Waals surface area contributed by atoms with Gasteiger partial charge in [0.25, 0.3) is 0 Å². The molecular weight excluding hydrogens is 164 g/mol. The maximum absolute atomic E-state index is 10.7. The molecule has 11 heavy (non-hydrogen) atoms. The molecule has 0 bridgehead atoms. The van der Waals surface area contributed by atoms with Gasteiger partial charge in [-0.25, -0.2) is 4.79 Å². The summed E-state index contributed by atoms with van der Waals surface area (Å²) < 4.78 is 9.98. The highest BCUT2D eigenvalue weighted by Gasteiger charge is 2.32. The van der Waals surface area contributed by atoms with Gasteiger partial charge in [0, 0.05) is 0 Å². The molecule has 2 atom stereocenters. The van der Waals surface area contributed by atoms with Gasteiger partial charge in [-0.2, -0.15) is 0 Å². The summed E-state index contributed by atoms with van der Waals surface area (Å²) in [4.78, 5) is 10.7. The van der Waals surface area contributed by atoms with E-state index in [1.54, 1.807) is 6.08 Å². The zero-order valence-electron chi connectivity index (χ0n) is 6.28. The average molecular weight is 174 g/mol. The number of cyclic esters (lactones) is 1. The number of carbonyl (C=O) groups is 1. The lowest BCUT2D eigenvalue weighted by Gasteiger charge is -2.11. The van der Waals surface area contributed by atoms with Gasteiger partial charge in [0.15, 0.2) is 0 Å². The van der Waals surface area contributed by atoms with Crippen molar-refractivity contribution in [1.82, 2.24) is 0 Å².